The first-order valence-corrected chi connectivity index (χ1v) is 8.15. The number of carbonyl (C=O) groups is 2. The molecule has 1 heterocycles. The zero-order valence-electron chi connectivity index (χ0n) is 12.5. The van der Waals surface area contributed by atoms with Gasteiger partial charge >= 0.3 is 0 Å². The third kappa shape index (κ3) is 4.93. The first kappa shape index (κ1) is 17.3. The summed E-state index contributed by atoms with van der Waals surface area (Å²) >= 11 is 1.59. The van der Waals surface area contributed by atoms with Gasteiger partial charge in [-0.1, -0.05) is 6.92 Å². The van der Waals surface area contributed by atoms with E-state index in [-0.39, 0.29) is 11.5 Å². The molecule has 2 amide bonds. The summed E-state index contributed by atoms with van der Waals surface area (Å²) in [6.45, 7) is 1.93. The highest BCUT2D eigenvalue weighted by Gasteiger charge is 2.21. The van der Waals surface area contributed by atoms with Gasteiger partial charge in [0.15, 0.2) is 0 Å². The molecule has 6 nitrogen and oxygen atoms in total. The molecule has 1 aromatic heterocycles. The van der Waals surface area contributed by atoms with Crippen molar-refractivity contribution in [3.05, 3.63) is 33.7 Å². The summed E-state index contributed by atoms with van der Waals surface area (Å²) in [5, 5.41) is 5.15. The monoisotopic (exact) mass is 311 g/mol. The quantitative estimate of drug-likeness (QED) is 0.685. The number of H-pyrrole nitrogens is 1. The molecule has 116 valence electrons. The smallest absolute Gasteiger partial charge is 0.260 e. The Morgan fingerprint density at radius 1 is 1.43 bits per heavy atom. The van der Waals surface area contributed by atoms with Crippen molar-refractivity contribution in [2.24, 2.45) is 0 Å². The van der Waals surface area contributed by atoms with Crippen molar-refractivity contribution in [3.63, 3.8) is 0 Å². The van der Waals surface area contributed by atoms with Crippen LogP contribution in [0.3, 0.4) is 0 Å². The first-order chi connectivity index (χ1) is 10.0. The second kappa shape index (κ2) is 8.51. The summed E-state index contributed by atoms with van der Waals surface area (Å²) < 4.78 is 0. The molecule has 0 saturated heterocycles. The standard InChI is InChI=1S/C14H21N3O3S/c1-4-9-7-10(12(18)16-8-9)13(19)17-11(5-6-21-3)14(20)15-2/h7-8,11H,4-6H2,1-3H3,(H,15,20)(H,16,18)(H,17,19)/t11-/m0/s1. The molecule has 0 aliphatic carbocycles. The Morgan fingerprint density at radius 3 is 2.71 bits per heavy atom. The number of hydrogen-bond acceptors (Lipinski definition) is 4. The van der Waals surface area contributed by atoms with Gasteiger partial charge in [-0.25, -0.2) is 0 Å². The normalized spacial score (nSPS) is 11.8. The Morgan fingerprint density at radius 2 is 2.14 bits per heavy atom. The van der Waals surface area contributed by atoms with E-state index in [9.17, 15) is 14.4 Å². The first-order valence-electron chi connectivity index (χ1n) is 6.76. The second-order valence-corrected chi connectivity index (χ2v) is 5.51. The van der Waals surface area contributed by atoms with E-state index in [0.29, 0.717) is 12.8 Å². The molecular formula is C14H21N3O3S. The van der Waals surface area contributed by atoms with Crippen molar-refractivity contribution >= 4 is 23.6 Å². The zero-order valence-corrected chi connectivity index (χ0v) is 13.3. The Hall–Kier alpha value is -1.76. The number of likely N-dealkylation sites (N-methyl/N-ethyl adjacent to an activating group) is 1. The molecular weight excluding hydrogens is 290 g/mol. The van der Waals surface area contributed by atoms with Crippen LogP contribution < -0.4 is 16.2 Å². The number of amides is 2. The summed E-state index contributed by atoms with van der Waals surface area (Å²) in [6.07, 6.45) is 4.74. The van der Waals surface area contributed by atoms with Gasteiger partial charge < -0.3 is 15.6 Å². The van der Waals surface area contributed by atoms with E-state index in [0.717, 1.165) is 11.3 Å². The third-order valence-electron chi connectivity index (χ3n) is 3.09. The summed E-state index contributed by atoms with van der Waals surface area (Å²) in [7, 11) is 1.52. The largest absolute Gasteiger partial charge is 0.357 e. The highest BCUT2D eigenvalue weighted by atomic mass is 32.2. The molecule has 0 radical (unpaired) electrons. The van der Waals surface area contributed by atoms with Crippen LogP contribution >= 0.6 is 11.8 Å². The van der Waals surface area contributed by atoms with Crippen LogP contribution in [0.2, 0.25) is 0 Å². The molecule has 0 aromatic carbocycles. The predicted octanol–water partition coefficient (Wildman–Crippen LogP) is 0.535. The van der Waals surface area contributed by atoms with Gasteiger partial charge in [0.05, 0.1) is 0 Å². The fourth-order valence-electron chi connectivity index (χ4n) is 1.82. The van der Waals surface area contributed by atoms with Gasteiger partial charge in [-0.05, 0) is 36.5 Å². The molecule has 0 aliphatic heterocycles. The van der Waals surface area contributed by atoms with Gasteiger partial charge in [-0.2, -0.15) is 11.8 Å². The van der Waals surface area contributed by atoms with E-state index in [1.54, 1.807) is 24.0 Å². The van der Waals surface area contributed by atoms with Gasteiger partial charge in [0.25, 0.3) is 11.5 Å². The molecule has 1 rings (SSSR count). The van der Waals surface area contributed by atoms with E-state index in [1.165, 1.54) is 7.05 Å². The number of thioether (sulfide) groups is 1. The Bertz CT molecular complexity index is 557. The number of aromatic nitrogens is 1. The van der Waals surface area contributed by atoms with Crippen LogP contribution in [-0.4, -0.2) is 41.9 Å². The number of aryl methyl sites for hydroxylation is 1. The highest BCUT2D eigenvalue weighted by molar-refractivity contribution is 7.98. The lowest BCUT2D eigenvalue weighted by molar-refractivity contribution is -0.122. The van der Waals surface area contributed by atoms with Crippen LogP contribution in [0, 0.1) is 0 Å². The van der Waals surface area contributed by atoms with Gasteiger partial charge in [-0.3, -0.25) is 14.4 Å². The van der Waals surface area contributed by atoms with Gasteiger partial charge in [0, 0.05) is 13.2 Å². The fourth-order valence-corrected chi connectivity index (χ4v) is 2.29. The minimum absolute atomic E-state index is 0.0346. The fraction of sp³-hybridized carbons (Fsp3) is 0.500. The molecule has 0 spiro atoms. The second-order valence-electron chi connectivity index (χ2n) is 4.53. The molecule has 0 aliphatic rings. The van der Waals surface area contributed by atoms with Crippen molar-refractivity contribution < 1.29 is 9.59 Å². The summed E-state index contributed by atoms with van der Waals surface area (Å²) in [5.74, 6) is -0.0503. The molecule has 0 unspecified atom stereocenters. The SMILES string of the molecule is CCc1c[nH]c(=O)c(C(=O)N[C@@H](CCSC)C(=O)NC)c1. The minimum Gasteiger partial charge on any atom is -0.357 e. The molecule has 0 saturated carbocycles. The van der Waals surface area contributed by atoms with Crippen LogP contribution in [-0.2, 0) is 11.2 Å². The topological polar surface area (TPSA) is 91.1 Å². The lowest BCUT2D eigenvalue weighted by Crippen LogP contribution is -2.47. The van der Waals surface area contributed by atoms with E-state index >= 15 is 0 Å². The minimum atomic E-state index is -0.639. The van der Waals surface area contributed by atoms with Gasteiger partial charge in [0.1, 0.15) is 11.6 Å². The molecule has 0 fully saturated rings. The molecule has 1 aromatic rings. The summed E-state index contributed by atoms with van der Waals surface area (Å²) in [6, 6.07) is 0.920. The van der Waals surface area contributed by atoms with Crippen LogP contribution in [0.1, 0.15) is 29.3 Å². The molecule has 3 N–H and O–H groups in total. The average Bonchev–Trinajstić information content (AvgIpc) is 2.50. The number of carbonyl (C=O) groups excluding carboxylic acids is 2. The highest BCUT2D eigenvalue weighted by Crippen LogP contribution is 2.04. The van der Waals surface area contributed by atoms with E-state index in [2.05, 4.69) is 15.6 Å². The van der Waals surface area contributed by atoms with Crippen molar-refractivity contribution in [2.75, 3.05) is 19.1 Å². The number of aromatic amines is 1. The Labute approximate surface area is 128 Å². The Balaban J connectivity index is 2.90. The van der Waals surface area contributed by atoms with Crippen LogP contribution in [0.25, 0.3) is 0 Å². The van der Waals surface area contributed by atoms with Crippen molar-refractivity contribution in [2.45, 2.75) is 25.8 Å². The maximum atomic E-state index is 12.2. The van der Waals surface area contributed by atoms with Crippen molar-refractivity contribution in [1.82, 2.24) is 15.6 Å². The van der Waals surface area contributed by atoms with Crippen molar-refractivity contribution in [1.29, 1.82) is 0 Å². The lowest BCUT2D eigenvalue weighted by Gasteiger charge is -2.16. The average molecular weight is 311 g/mol. The van der Waals surface area contributed by atoms with Gasteiger partial charge in [-0.15, -0.1) is 0 Å². The summed E-state index contributed by atoms with van der Waals surface area (Å²) in [5.41, 5.74) is 0.443. The molecule has 1 atom stereocenters. The number of nitrogens with one attached hydrogen (secondary N) is 3. The lowest BCUT2D eigenvalue weighted by atomic mass is 10.1. The maximum Gasteiger partial charge on any atom is 0.260 e. The zero-order chi connectivity index (χ0) is 15.8. The van der Waals surface area contributed by atoms with Gasteiger partial charge in [0.2, 0.25) is 5.91 Å². The molecule has 7 heteroatoms. The van der Waals surface area contributed by atoms with Crippen molar-refractivity contribution in [3.8, 4) is 0 Å². The summed E-state index contributed by atoms with van der Waals surface area (Å²) in [4.78, 5) is 38.3. The predicted molar refractivity (Wildman–Crippen MR) is 84.8 cm³/mol. The molecule has 21 heavy (non-hydrogen) atoms. The van der Waals surface area contributed by atoms with E-state index in [1.807, 2.05) is 13.2 Å². The van der Waals surface area contributed by atoms with Crippen LogP contribution in [0.5, 0.6) is 0 Å². The third-order valence-corrected chi connectivity index (χ3v) is 3.74. The van der Waals surface area contributed by atoms with Crippen LogP contribution in [0.4, 0.5) is 0 Å². The molecule has 0 bridgehead atoms. The number of hydrogen-bond donors (Lipinski definition) is 3. The van der Waals surface area contributed by atoms with Crippen LogP contribution in [0.15, 0.2) is 17.1 Å². The Kier molecular flexibility index (Phi) is 7.01. The van der Waals surface area contributed by atoms with E-state index < -0.39 is 17.5 Å². The number of pyridine rings is 1. The maximum absolute atomic E-state index is 12.2. The van der Waals surface area contributed by atoms with E-state index in [4.69, 9.17) is 0 Å². The number of rotatable bonds is 7.